The molecule has 1 aromatic carbocycles. The van der Waals surface area contributed by atoms with Crippen LogP contribution in [0.2, 0.25) is 0 Å². The van der Waals surface area contributed by atoms with Gasteiger partial charge in [0.25, 0.3) is 0 Å². The molecule has 0 N–H and O–H groups in total. The van der Waals surface area contributed by atoms with Gasteiger partial charge in [-0.15, -0.1) is 0 Å². The fourth-order valence-corrected chi connectivity index (χ4v) is 6.34. The summed E-state index contributed by atoms with van der Waals surface area (Å²) in [6, 6.07) is 9.08. The quantitative estimate of drug-likeness (QED) is 0.290. The van der Waals surface area contributed by atoms with E-state index < -0.39 is 0 Å². The first-order chi connectivity index (χ1) is 20.5. The number of allylic oxidation sites excluding steroid dienone is 22. The summed E-state index contributed by atoms with van der Waals surface area (Å²) in [5, 5.41) is 0. The van der Waals surface area contributed by atoms with Gasteiger partial charge in [0.05, 0.1) is 0 Å². The van der Waals surface area contributed by atoms with E-state index in [-0.39, 0.29) is 0 Å². The molecule has 4 aliphatic rings. The predicted molar refractivity (Wildman–Crippen MR) is 182 cm³/mol. The molecule has 42 heavy (non-hydrogen) atoms. The third-order valence-corrected chi connectivity index (χ3v) is 8.66. The summed E-state index contributed by atoms with van der Waals surface area (Å²) in [7, 11) is 0. The Labute approximate surface area is 254 Å². The summed E-state index contributed by atoms with van der Waals surface area (Å²) in [5.74, 6) is 0.701. The lowest BCUT2D eigenvalue weighted by molar-refractivity contribution is 0.554. The highest BCUT2D eigenvalue weighted by atomic mass is 15.2. The van der Waals surface area contributed by atoms with E-state index in [0.717, 1.165) is 32.1 Å². The Morgan fingerprint density at radius 1 is 0.810 bits per heavy atom. The van der Waals surface area contributed by atoms with Crippen molar-refractivity contribution in [3.8, 4) is 0 Å². The zero-order valence-electron chi connectivity index (χ0n) is 25.8. The first kappa shape index (κ1) is 29.4. The third-order valence-electron chi connectivity index (χ3n) is 8.66. The van der Waals surface area contributed by atoms with Crippen molar-refractivity contribution in [1.29, 1.82) is 0 Å². The zero-order valence-corrected chi connectivity index (χ0v) is 25.8. The summed E-state index contributed by atoms with van der Waals surface area (Å²) in [5.41, 5.74) is 12.1. The number of rotatable bonds is 8. The second kappa shape index (κ2) is 14.2. The van der Waals surface area contributed by atoms with Gasteiger partial charge in [-0.2, -0.15) is 0 Å². The van der Waals surface area contributed by atoms with Crippen LogP contribution in [0.4, 0.5) is 0 Å². The topological polar surface area (TPSA) is 3.24 Å². The lowest BCUT2D eigenvalue weighted by Gasteiger charge is -2.32. The lowest BCUT2D eigenvalue weighted by Crippen LogP contribution is -2.19. The average Bonchev–Trinajstić information content (AvgIpc) is 3.31. The Morgan fingerprint density at radius 2 is 1.62 bits per heavy atom. The van der Waals surface area contributed by atoms with Gasteiger partial charge in [-0.05, 0) is 99.5 Å². The van der Waals surface area contributed by atoms with Gasteiger partial charge >= 0.3 is 0 Å². The van der Waals surface area contributed by atoms with Crippen molar-refractivity contribution in [3.63, 3.8) is 0 Å². The standard InChI is InChI=1S/C41H45N/c1-31-25-29-35(30-26-31)34(4)39-23-15-16-24-40(39)41(36-17-9-7-10-18-36)32(2)27-28-33(3)42(38-21-13-8-14-22-38)37-19-11-5-6-12-20-37/h5,7,9-13,15-17,19-23,25-30,34,40H,6,8,14,18,24H2,1-4H3/b32-27+,33-28+,41-36-. The van der Waals surface area contributed by atoms with Crippen molar-refractivity contribution in [3.05, 3.63) is 178 Å². The minimum atomic E-state index is 0.347. The van der Waals surface area contributed by atoms with Crippen LogP contribution < -0.4 is 0 Å². The number of aryl methyl sites for hydroxylation is 1. The van der Waals surface area contributed by atoms with E-state index in [1.54, 1.807) is 0 Å². The molecule has 214 valence electrons. The largest absolute Gasteiger partial charge is 0.315 e. The minimum absolute atomic E-state index is 0.347. The van der Waals surface area contributed by atoms with E-state index in [9.17, 15) is 0 Å². The molecule has 0 bridgehead atoms. The van der Waals surface area contributed by atoms with Crippen molar-refractivity contribution < 1.29 is 0 Å². The average molecular weight is 552 g/mol. The molecule has 0 amide bonds. The molecule has 2 unspecified atom stereocenters. The maximum Gasteiger partial charge on any atom is 0.0454 e. The number of nitrogens with zero attached hydrogens (tertiary/aromatic N) is 1. The van der Waals surface area contributed by atoms with Gasteiger partial charge in [-0.25, -0.2) is 0 Å². The summed E-state index contributed by atoms with van der Waals surface area (Å²) < 4.78 is 0. The van der Waals surface area contributed by atoms with Crippen molar-refractivity contribution in [2.24, 2.45) is 5.92 Å². The second-order valence-corrected chi connectivity index (χ2v) is 11.7. The van der Waals surface area contributed by atoms with Gasteiger partial charge < -0.3 is 4.90 Å². The van der Waals surface area contributed by atoms with Crippen LogP contribution in [0.3, 0.4) is 0 Å². The van der Waals surface area contributed by atoms with Crippen LogP contribution in [0.5, 0.6) is 0 Å². The smallest absolute Gasteiger partial charge is 0.0454 e. The normalized spacial score (nSPS) is 22.4. The Morgan fingerprint density at radius 3 is 2.38 bits per heavy atom. The van der Waals surface area contributed by atoms with Crippen LogP contribution in [0.1, 0.15) is 69.9 Å². The SMILES string of the molecule is CC(=C\C=C(/C)N(C1=CC=CCC=C1)C1=CCCC=C1)/C(=C1\C=CC=CC1)C1CC=CC=C1C(C)c1ccc(C)cc1. The molecular formula is C41H45N. The highest BCUT2D eigenvalue weighted by Crippen LogP contribution is 2.42. The van der Waals surface area contributed by atoms with Crippen LogP contribution in [-0.2, 0) is 0 Å². The lowest BCUT2D eigenvalue weighted by atomic mass is 9.73. The van der Waals surface area contributed by atoms with Crippen LogP contribution in [0.25, 0.3) is 0 Å². The van der Waals surface area contributed by atoms with Crippen LogP contribution >= 0.6 is 0 Å². The summed E-state index contributed by atoms with van der Waals surface area (Å²) in [6.45, 7) is 9.08. The molecule has 4 aliphatic carbocycles. The molecule has 0 saturated heterocycles. The van der Waals surface area contributed by atoms with Crippen molar-refractivity contribution in [1.82, 2.24) is 4.90 Å². The molecule has 5 rings (SSSR count). The van der Waals surface area contributed by atoms with Gasteiger partial charge in [0.1, 0.15) is 0 Å². The van der Waals surface area contributed by atoms with Gasteiger partial charge in [0, 0.05) is 28.9 Å². The zero-order chi connectivity index (χ0) is 29.3. The molecule has 1 heteroatoms. The molecule has 0 aliphatic heterocycles. The molecule has 0 saturated carbocycles. The van der Waals surface area contributed by atoms with E-state index >= 15 is 0 Å². The fraction of sp³-hybridized carbons (Fsp3) is 0.268. The first-order valence-electron chi connectivity index (χ1n) is 15.6. The molecule has 0 radical (unpaired) electrons. The minimum Gasteiger partial charge on any atom is -0.315 e. The number of hydrogen-bond acceptors (Lipinski definition) is 1. The van der Waals surface area contributed by atoms with E-state index in [1.807, 2.05) is 0 Å². The number of hydrogen-bond donors (Lipinski definition) is 0. The van der Waals surface area contributed by atoms with Gasteiger partial charge in [0.2, 0.25) is 0 Å². The van der Waals surface area contributed by atoms with Gasteiger partial charge in [-0.3, -0.25) is 0 Å². The van der Waals surface area contributed by atoms with E-state index in [0.29, 0.717) is 11.8 Å². The Kier molecular flexibility index (Phi) is 9.93. The van der Waals surface area contributed by atoms with Crippen LogP contribution in [0.15, 0.2) is 167 Å². The molecule has 0 heterocycles. The Bertz CT molecular complexity index is 1510. The maximum absolute atomic E-state index is 2.40. The Hall–Kier alpha value is -4.10. The first-order valence-corrected chi connectivity index (χ1v) is 15.6. The molecule has 1 nitrogen and oxygen atoms in total. The van der Waals surface area contributed by atoms with Crippen LogP contribution in [0, 0.1) is 12.8 Å². The highest BCUT2D eigenvalue weighted by Gasteiger charge is 2.27. The summed E-state index contributed by atoms with van der Waals surface area (Å²) in [4.78, 5) is 2.40. The molecule has 2 atom stereocenters. The van der Waals surface area contributed by atoms with Crippen molar-refractivity contribution in [2.75, 3.05) is 0 Å². The van der Waals surface area contributed by atoms with E-state index in [4.69, 9.17) is 0 Å². The number of benzene rings is 1. The van der Waals surface area contributed by atoms with Crippen LogP contribution in [-0.4, -0.2) is 4.90 Å². The molecule has 0 aromatic heterocycles. The molecule has 0 spiro atoms. The van der Waals surface area contributed by atoms with Gasteiger partial charge in [0.15, 0.2) is 0 Å². The van der Waals surface area contributed by atoms with E-state index in [2.05, 4.69) is 160 Å². The molecular weight excluding hydrogens is 506 g/mol. The van der Waals surface area contributed by atoms with Crippen molar-refractivity contribution >= 4 is 0 Å². The fourth-order valence-electron chi connectivity index (χ4n) is 6.34. The maximum atomic E-state index is 2.40. The monoisotopic (exact) mass is 551 g/mol. The predicted octanol–water partition coefficient (Wildman–Crippen LogP) is 11.2. The van der Waals surface area contributed by atoms with Crippen molar-refractivity contribution in [2.45, 2.75) is 65.7 Å². The van der Waals surface area contributed by atoms with Gasteiger partial charge in [-0.1, -0.05) is 121 Å². The molecule has 0 fully saturated rings. The summed E-state index contributed by atoms with van der Waals surface area (Å²) >= 11 is 0. The highest BCUT2D eigenvalue weighted by molar-refractivity contribution is 5.51. The van der Waals surface area contributed by atoms with E-state index in [1.165, 1.54) is 50.5 Å². The Balaban J connectivity index is 1.53. The third kappa shape index (κ3) is 7.02. The second-order valence-electron chi connectivity index (χ2n) is 11.7. The summed E-state index contributed by atoms with van der Waals surface area (Å²) in [6.07, 6.45) is 43.8. The molecule has 1 aromatic rings.